The van der Waals surface area contributed by atoms with Gasteiger partial charge in [0.05, 0.1) is 14.5 Å². The van der Waals surface area contributed by atoms with Crippen molar-refractivity contribution >= 4 is 25.7 Å². The van der Waals surface area contributed by atoms with Crippen molar-refractivity contribution in [2.24, 2.45) is 10.9 Å². The number of nitrogens with two attached hydrogens (primary N) is 2. The zero-order valence-corrected chi connectivity index (χ0v) is 6.43. The van der Waals surface area contributed by atoms with E-state index in [4.69, 9.17) is 16.3 Å². The molecule has 0 saturated carbocycles. The Morgan fingerprint density at radius 2 is 2.22 bits per heavy atom. The third-order valence-corrected chi connectivity index (χ3v) is 1.93. The highest BCUT2D eigenvalue weighted by molar-refractivity contribution is 8.31. The van der Waals surface area contributed by atoms with E-state index in [0.29, 0.717) is 0 Å². The van der Waals surface area contributed by atoms with Gasteiger partial charge in [0.1, 0.15) is 0 Å². The van der Waals surface area contributed by atoms with Crippen LogP contribution in [0.5, 0.6) is 0 Å². The largest absolute Gasteiger partial charge is 0.388 e. The third-order valence-electron chi connectivity index (χ3n) is 0.656. The van der Waals surface area contributed by atoms with E-state index in [1.165, 1.54) is 0 Å². The predicted octanol–water partition coefficient (Wildman–Crippen LogP) is -1.07. The molecular weight excluding hydrogens is 158 g/mol. The molecule has 54 valence electrons. The summed E-state index contributed by atoms with van der Waals surface area (Å²) in [6, 6.07) is 0. The molecule has 1 atom stereocenters. The lowest BCUT2D eigenvalue weighted by Gasteiger charge is -1.96. The highest BCUT2D eigenvalue weighted by Crippen LogP contribution is 1.83. The number of hydrogen-bond donors (Lipinski definition) is 3. The summed E-state index contributed by atoms with van der Waals surface area (Å²) >= 11 is 4.36. The van der Waals surface area contributed by atoms with Crippen LogP contribution in [-0.2, 0) is 19.9 Å². The summed E-state index contributed by atoms with van der Waals surface area (Å²) in [4.78, 5) is 0. The van der Waals surface area contributed by atoms with Gasteiger partial charge in [0.25, 0.3) is 0 Å². The van der Waals surface area contributed by atoms with Gasteiger partial charge in [-0.05, 0) is 11.2 Å². The van der Waals surface area contributed by atoms with Crippen LogP contribution in [0.25, 0.3) is 0 Å². The Labute approximate surface area is 58.9 Å². The van der Waals surface area contributed by atoms with E-state index in [1.54, 1.807) is 0 Å². The Kier molecular flexibility index (Phi) is 3.02. The van der Waals surface area contributed by atoms with Crippen LogP contribution in [-0.4, -0.2) is 15.8 Å². The second-order valence-corrected chi connectivity index (χ2v) is 5.07. The van der Waals surface area contributed by atoms with Gasteiger partial charge in [-0.1, -0.05) is 0 Å². The van der Waals surface area contributed by atoms with E-state index in [9.17, 15) is 4.21 Å². The van der Waals surface area contributed by atoms with Gasteiger partial charge >= 0.3 is 0 Å². The Morgan fingerprint density at radius 1 is 1.78 bits per heavy atom. The zero-order chi connectivity index (χ0) is 7.49. The molecule has 0 saturated heterocycles. The van der Waals surface area contributed by atoms with Crippen LogP contribution in [0.2, 0.25) is 0 Å². The molecule has 0 aromatic heterocycles. The number of nitrogens with one attached hydrogen (secondary N) is 1. The first-order valence-corrected chi connectivity index (χ1v) is 4.97. The van der Waals surface area contributed by atoms with Crippen molar-refractivity contribution in [3.8, 4) is 0 Å². The van der Waals surface area contributed by atoms with Gasteiger partial charge in [-0.2, -0.15) is 0 Å². The second kappa shape index (κ2) is 3.09. The fourth-order valence-electron chi connectivity index (χ4n) is 0.252. The molecule has 0 aromatic rings. The van der Waals surface area contributed by atoms with Gasteiger partial charge < -0.3 is 5.73 Å². The van der Waals surface area contributed by atoms with Crippen molar-refractivity contribution in [3.05, 3.63) is 0 Å². The Bertz CT molecular complexity index is 195. The molecule has 0 fully saturated rings. The van der Waals surface area contributed by atoms with Gasteiger partial charge in [-0.3, -0.25) is 10.5 Å². The van der Waals surface area contributed by atoms with Crippen LogP contribution >= 0.6 is 0 Å². The normalized spacial score (nSPS) is 16.6. The molecular formula is C3H9N3OS2. The molecule has 0 heterocycles. The molecule has 1 unspecified atom stereocenters. The van der Waals surface area contributed by atoms with E-state index in [-0.39, 0.29) is 18.0 Å². The van der Waals surface area contributed by atoms with Gasteiger partial charge in [-0.15, -0.1) is 0 Å². The molecule has 0 aliphatic heterocycles. The lowest BCUT2D eigenvalue weighted by atomic mass is 10.5. The molecule has 0 rings (SSSR count). The molecule has 0 spiro atoms. The predicted molar refractivity (Wildman–Crippen MR) is 41.1 cm³/mol. The number of amidine groups is 1. The molecule has 0 amide bonds. The maximum atomic E-state index is 10.5. The maximum Gasteiger partial charge on any atom is 0.0915 e. The molecule has 0 aromatic carbocycles. The average molecular weight is 167 g/mol. The minimum absolute atomic E-state index is 0.0296. The Morgan fingerprint density at radius 3 is 2.33 bits per heavy atom. The second-order valence-electron chi connectivity index (χ2n) is 1.64. The first-order chi connectivity index (χ1) is 3.92. The fraction of sp³-hybridized carbons (Fsp3) is 0.667. The minimum Gasteiger partial charge on any atom is -0.388 e. The average Bonchev–Trinajstić information content (AvgIpc) is 1.59. The molecule has 0 radical (unpaired) electrons. The summed E-state index contributed by atoms with van der Waals surface area (Å²) in [6.45, 7) is 0. The lowest BCUT2D eigenvalue weighted by molar-refractivity contribution is 0.683. The molecule has 4 nitrogen and oxygen atoms in total. The van der Waals surface area contributed by atoms with Gasteiger partial charge in [0.15, 0.2) is 0 Å². The van der Waals surface area contributed by atoms with Crippen LogP contribution in [0, 0.1) is 5.41 Å². The topological polar surface area (TPSA) is 93.0 Å². The summed E-state index contributed by atoms with van der Waals surface area (Å²) in [5.41, 5.74) is 4.96. The SMILES string of the molecule is N=C(N)CCS(N)(=O)=S. The summed E-state index contributed by atoms with van der Waals surface area (Å²) in [7, 11) is -2.61. The van der Waals surface area contributed by atoms with Crippen molar-refractivity contribution in [2.45, 2.75) is 6.42 Å². The van der Waals surface area contributed by atoms with Crippen molar-refractivity contribution in [1.82, 2.24) is 0 Å². The maximum absolute atomic E-state index is 10.5. The van der Waals surface area contributed by atoms with Crippen LogP contribution < -0.4 is 10.9 Å². The standard InChI is InChI=1S/C3H9N3OS2/c4-3(5)1-2-9(6,7)8/h1-2H2,(H3,4,5)(H2,6,7,8). The molecule has 0 aliphatic rings. The van der Waals surface area contributed by atoms with Crippen LogP contribution in [0.3, 0.4) is 0 Å². The molecule has 5 N–H and O–H groups in total. The number of rotatable bonds is 3. The van der Waals surface area contributed by atoms with Crippen molar-refractivity contribution in [2.75, 3.05) is 5.75 Å². The van der Waals surface area contributed by atoms with E-state index >= 15 is 0 Å². The fourth-order valence-corrected chi connectivity index (χ4v) is 1.01. The summed E-state index contributed by atoms with van der Waals surface area (Å²) in [6.07, 6.45) is 0.221. The highest BCUT2D eigenvalue weighted by atomic mass is 32.8. The van der Waals surface area contributed by atoms with Crippen LogP contribution in [0.4, 0.5) is 0 Å². The first-order valence-electron chi connectivity index (χ1n) is 2.25. The van der Waals surface area contributed by atoms with E-state index in [0.717, 1.165) is 0 Å². The molecule has 0 bridgehead atoms. The van der Waals surface area contributed by atoms with Gasteiger partial charge in [-0.25, -0.2) is 4.21 Å². The first kappa shape index (κ1) is 8.80. The minimum atomic E-state index is -2.61. The Balaban J connectivity index is 3.67. The molecule has 6 heteroatoms. The number of hydrogen-bond acceptors (Lipinski definition) is 3. The van der Waals surface area contributed by atoms with Gasteiger partial charge in [0, 0.05) is 12.2 Å². The summed E-state index contributed by atoms with van der Waals surface area (Å²) in [5.74, 6) is 0.0931. The van der Waals surface area contributed by atoms with Crippen molar-refractivity contribution in [3.63, 3.8) is 0 Å². The Hall–Kier alpha value is -0.200. The van der Waals surface area contributed by atoms with E-state index in [2.05, 4.69) is 11.2 Å². The van der Waals surface area contributed by atoms with E-state index < -0.39 is 8.68 Å². The zero-order valence-electron chi connectivity index (χ0n) is 4.79. The van der Waals surface area contributed by atoms with Crippen molar-refractivity contribution in [1.29, 1.82) is 5.41 Å². The molecule has 9 heavy (non-hydrogen) atoms. The summed E-state index contributed by atoms with van der Waals surface area (Å²) in [5, 5.41) is 11.7. The third kappa shape index (κ3) is 7.80. The van der Waals surface area contributed by atoms with Crippen LogP contribution in [0.15, 0.2) is 0 Å². The molecule has 0 aliphatic carbocycles. The smallest absolute Gasteiger partial charge is 0.0915 e. The van der Waals surface area contributed by atoms with E-state index in [1.807, 2.05) is 0 Å². The van der Waals surface area contributed by atoms with Crippen molar-refractivity contribution < 1.29 is 4.21 Å². The monoisotopic (exact) mass is 167 g/mol. The quantitative estimate of drug-likeness (QED) is 0.369. The highest BCUT2D eigenvalue weighted by Gasteiger charge is 1.97. The van der Waals surface area contributed by atoms with Gasteiger partial charge in [0.2, 0.25) is 0 Å². The van der Waals surface area contributed by atoms with Crippen LogP contribution in [0.1, 0.15) is 6.42 Å². The lowest BCUT2D eigenvalue weighted by Crippen LogP contribution is -2.20. The summed E-state index contributed by atoms with van der Waals surface area (Å²) < 4.78 is 10.5.